The smallest absolute Gasteiger partial charge is 0.222 e. The number of unbranched alkanes of at least 4 members (excludes halogenated alkanes) is 2. The van der Waals surface area contributed by atoms with Gasteiger partial charge in [0.2, 0.25) is 5.91 Å². The highest BCUT2D eigenvalue weighted by Gasteiger charge is 2.36. The average molecular weight is 330 g/mol. The number of likely N-dealkylation sites (tertiary alicyclic amines) is 1. The Morgan fingerprint density at radius 3 is 2.83 bits per heavy atom. The summed E-state index contributed by atoms with van der Waals surface area (Å²) in [6, 6.07) is 8.75. The lowest BCUT2D eigenvalue weighted by molar-refractivity contribution is -0.135. The first-order valence-electron chi connectivity index (χ1n) is 9.41. The molecule has 4 heteroatoms. The maximum absolute atomic E-state index is 12.5. The molecule has 1 aromatic rings. The summed E-state index contributed by atoms with van der Waals surface area (Å²) in [6.07, 6.45) is 7.53. The standard InChI is InChI=1S/C20H30N2O2/c1-24-18-11-9-16(10-12-18)6-3-2-4-8-20(23)22-13-5-7-17-14-21-15-19(17)22/h9-12,17,19,21H,2-8,13-15H2,1H3/t17-,19+/m0/s1. The van der Waals surface area contributed by atoms with Gasteiger partial charge < -0.3 is 15.0 Å². The molecule has 3 rings (SSSR count). The van der Waals surface area contributed by atoms with E-state index >= 15 is 0 Å². The maximum Gasteiger partial charge on any atom is 0.222 e. The van der Waals surface area contributed by atoms with Gasteiger partial charge in [-0.25, -0.2) is 0 Å². The Bertz CT molecular complexity index is 529. The van der Waals surface area contributed by atoms with E-state index in [2.05, 4.69) is 22.3 Å². The number of aryl methyl sites for hydroxylation is 1. The van der Waals surface area contributed by atoms with Gasteiger partial charge in [0.25, 0.3) is 0 Å². The van der Waals surface area contributed by atoms with E-state index in [1.807, 2.05) is 12.1 Å². The van der Waals surface area contributed by atoms with Crippen molar-refractivity contribution in [3.63, 3.8) is 0 Å². The SMILES string of the molecule is COc1ccc(CCCCCC(=O)N2CCC[C@H]3CNC[C@H]32)cc1. The van der Waals surface area contributed by atoms with E-state index in [1.165, 1.54) is 18.4 Å². The van der Waals surface area contributed by atoms with Crippen molar-refractivity contribution in [1.29, 1.82) is 0 Å². The lowest BCUT2D eigenvalue weighted by atomic mass is 9.91. The fourth-order valence-corrected chi connectivity index (χ4v) is 4.10. The molecule has 0 aromatic heterocycles. The van der Waals surface area contributed by atoms with Crippen molar-refractivity contribution in [3.05, 3.63) is 29.8 Å². The van der Waals surface area contributed by atoms with Gasteiger partial charge >= 0.3 is 0 Å². The third-order valence-corrected chi connectivity index (χ3v) is 5.51. The highest BCUT2D eigenvalue weighted by molar-refractivity contribution is 5.76. The molecule has 0 radical (unpaired) electrons. The fraction of sp³-hybridized carbons (Fsp3) is 0.650. The van der Waals surface area contributed by atoms with Crippen LogP contribution in [0.3, 0.4) is 0 Å². The van der Waals surface area contributed by atoms with Gasteiger partial charge in [-0.05, 0) is 55.7 Å². The summed E-state index contributed by atoms with van der Waals surface area (Å²) in [7, 11) is 1.69. The van der Waals surface area contributed by atoms with Crippen molar-refractivity contribution in [2.24, 2.45) is 5.92 Å². The zero-order valence-corrected chi connectivity index (χ0v) is 14.8. The molecule has 132 valence electrons. The van der Waals surface area contributed by atoms with E-state index < -0.39 is 0 Å². The van der Waals surface area contributed by atoms with E-state index in [4.69, 9.17) is 4.74 Å². The highest BCUT2D eigenvalue weighted by atomic mass is 16.5. The van der Waals surface area contributed by atoms with Crippen LogP contribution in [-0.2, 0) is 11.2 Å². The van der Waals surface area contributed by atoms with Gasteiger partial charge in [-0.1, -0.05) is 18.6 Å². The van der Waals surface area contributed by atoms with Gasteiger partial charge in [0.15, 0.2) is 0 Å². The number of methoxy groups -OCH3 is 1. The second kappa shape index (κ2) is 8.52. The molecule has 2 aliphatic heterocycles. The van der Waals surface area contributed by atoms with Crippen molar-refractivity contribution >= 4 is 5.91 Å². The highest BCUT2D eigenvalue weighted by Crippen LogP contribution is 2.27. The van der Waals surface area contributed by atoms with Crippen molar-refractivity contribution in [1.82, 2.24) is 10.2 Å². The van der Waals surface area contributed by atoms with Crippen LogP contribution < -0.4 is 10.1 Å². The third kappa shape index (κ3) is 4.29. The van der Waals surface area contributed by atoms with E-state index in [0.717, 1.165) is 51.1 Å². The first kappa shape index (κ1) is 17.3. The van der Waals surface area contributed by atoms with Crippen LogP contribution in [0.2, 0.25) is 0 Å². The van der Waals surface area contributed by atoms with Crippen molar-refractivity contribution in [3.8, 4) is 5.75 Å². The van der Waals surface area contributed by atoms with E-state index in [0.29, 0.717) is 24.3 Å². The zero-order chi connectivity index (χ0) is 16.8. The Morgan fingerprint density at radius 1 is 1.21 bits per heavy atom. The predicted molar refractivity (Wildman–Crippen MR) is 96.3 cm³/mol. The summed E-state index contributed by atoms with van der Waals surface area (Å²) >= 11 is 0. The largest absolute Gasteiger partial charge is 0.497 e. The second-order valence-corrected chi connectivity index (χ2v) is 7.12. The van der Waals surface area contributed by atoms with Crippen LogP contribution in [0.15, 0.2) is 24.3 Å². The van der Waals surface area contributed by atoms with Crippen LogP contribution in [0.5, 0.6) is 5.75 Å². The molecule has 1 aromatic carbocycles. The Hall–Kier alpha value is -1.55. The molecule has 2 atom stereocenters. The van der Waals surface area contributed by atoms with Crippen LogP contribution in [-0.4, -0.2) is 43.6 Å². The Labute approximate surface area is 145 Å². The first-order chi connectivity index (χ1) is 11.8. The number of nitrogens with one attached hydrogen (secondary N) is 1. The number of ether oxygens (including phenoxy) is 1. The molecule has 2 heterocycles. The van der Waals surface area contributed by atoms with Crippen LogP contribution in [0.1, 0.15) is 44.1 Å². The minimum atomic E-state index is 0.373. The summed E-state index contributed by atoms with van der Waals surface area (Å²) in [5, 5.41) is 3.45. The molecular formula is C20H30N2O2. The molecule has 24 heavy (non-hydrogen) atoms. The Balaban J connectivity index is 1.34. The number of piperidine rings is 1. The molecular weight excluding hydrogens is 300 g/mol. The van der Waals surface area contributed by atoms with E-state index in [1.54, 1.807) is 7.11 Å². The molecule has 1 N–H and O–H groups in total. The molecule has 0 saturated carbocycles. The number of fused-ring (bicyclic) bond motifs is 1. The van der Waals surface area contributed by atoms with Gasteiger partial charge in [-0.2, -0.15) is 0 Å². The average Bonchev–Trinajstić information content (AvgIpc) is 3.10. The summed E-state index contributed by atoms with van der Waals surface area (Å²) < 4.78 is 5.18. The fourth-order valence-electron chi connectivity index (χ4n) is 4.10. The summed E-state index contributed by atoms with van der Waals surface area (Å²) in [5.74, 6) is 1.97. The Morgan fingerprint density at radius 2 is 2.04 bits per heavy atom. The minimum Gasteiger partial charge on any atom is -0.497 e. The predicted octanol–water partition coefficient (Wildman–Crippen LogP) is 3.01. The number of carbonyl (C=O) groups is 1. The van der Waals surface area contributed by atoms with Gasteiger partial charge in [-0.15, -0.1) is 0 Å². The quantitative estimate of drug-likeness (QED) is 0.782. The number of rotatable bonds is 7. The molecule has 0 unspecified atom stereocenters. The van der Waals surface area contributed by atoms with Crippen LogP contribution in [0, 0.1) is 5.92 Å². The van der Waals surface area contributed by atoms with Gasteiger partial charge in [-0.3, -0.25) is 4.79 Å². The number of carbonyl (C=O) groups excluding carboxylic acids is 1. The van der Waals surface area contributed by atoms with Gasteiger partial charge in [0.05, 0.1) is 7.11 Å². The van der Waals surface area contributed by atoms with Crippen molar-refractivity contribution in [2.45, 2.75) is 51.0 Å². The number of hydrogen-bond acceptors (Lipinski definition) is 3. The minimum absolute atomic E-state index is 0.373. The van der Waals surface area contributed by atoms with Crippen molar-refractivity contribution < 1.29 is 9.53 Å². The third-order valence-electron chi connectivity index (χ3n) is 5.51. The topological polar surface area (TPSA) is 41.6 Å². The first-order valence-corrected chi connectivity index (χ1v) is 9.41. The molecule has 4 nitrogen and oxygen atoms in total. The summed E-state index contributed by atoms with van der Waals surface area (Å²) in [4.78, 5) is 14.7. The lowest BCUT2D eigenvalue weighted by Crippen LogP contribution is -2.48. The summed E-state index contributed by atoms with van der Waals surface area (Å²) in [5.41, 5.74) is 1.35. The second-order valence-electron chi connectivity index (χ2n) is 7.12. The molecule has 0 spiro atoms. The summed E-state index contributed by atoms with van der Waals surface area (Å²) in [6.45, 7) is 3.05. The lowest BCUT2D eigenvalue weighted by Gasteiger charge is -2.37. The molecule has 2 fully saturated rings. The molecule has 1 amide bonds. The normalized spacial score (nSPS) is 23.1. The molecule has 2 saturated heterocycles. The number of benzene rings is 1. The zero-order valence-electron chi connectivity index (χ0n) is 14.8. The number of nitrogens with zero attached hydrogens (tertiary/aromatic N) is 1. The maximum atomic E-state index is 12.5. The van der Waals surface area contributed by atoms with Gasteiger partial charge in [0.1, 0.15) is 5.75 Å². The van der Waals surface area contributed by atoms with Crippen LogP contribution >= 0.6 is 0 Å². The molecule has 0 aliphatic carbocycles. The number of amides is 1. The van der Waals surface area contributed by atoms with Gasteiger partial charge in [0, 0.05) is 32.1 Å². The molecule has 2 aliphatic rings. The van der Waals surface area contributed by atoms with E-state index in [-0.39, 0.29) is 0 Å². The molecule has 0 bridgehead atoms. The van der Waals surface area contributed by atoms with Crippen LogP contribution in [0.25, 0.3) is 0 Å². The van der Waals surface area contributed by atoms with E-state index in [9.17, 15) is 4.79 Å². The number of hydrogen-bond donors (Lipinski definition) is 1. The monoisotopic (exact) mass is 330 g/mol. The van der Waals surface area contributed by atoms with Crippen molar-refractivity contribution in [2.75, 3.05) is 26.7 Å². The Kier molecular flexibility index (Phi) is 6.13. The van der Waals surface area contributed by atoms with Crippen LogP contribution in [0.4, 0.5) is 0 Å².